The van der Waals surface area contributed by atoms with Crippen LogP contribution in [0.15, 0.2) is 33.9 Å². The topological polar surface area (TPSA) is 65.7 Å². The lowest BCUT2D eigenvalue weighted by Crippen LogP contribution is -2.40. The monoisotopic (exact) mass is 406 g/mol. The zero-order valence-corrected chi connectivity index (χ0v) is 19.4. The van der Waals surface area contributed by atoms with Gasteiger partial charge in [0.15, 0.2) is 10.9 Å². The van der Waals surface area contributed by atoms with Crippen LogP contribution >= 0.6 is 0 Å². The summed E-state index contributed by atoms with van der Waals surface area (Å²) in [7, 11) is 0. The number of aromatic amines is 2. The Morgan fingerprint density at radius 3 is 1.73 bits per heavy atom. The number of pyridine rings is 2. The Labute approximate surface area is 178 Å². The lowest BCUT2D eigenvalue weighted by atomic mass is 10.0. The van der Waals surface area contributed by atoms with Crippen molar-refractivity contribution in [2.24, 2.45) is 0 Å². The molecule has 30 heavy (non-hydrogen) atoms. The highest BCUT2D eigenvalue weighted by molar-refractivity contribution is 5.95. The van der Waals surface area contributed by atoms with Crippen LogP contribution in [0, 0.1) is 0 Å². The van der Waals surface area contributed by atoms with Crippen molar-refractivity contribution in [1.82, 2.24) is 9.97 Å². The standard InChI is InChI=1S/C22H22N2O2.2C2H6/c1-5-9-14-18(10-6-2)24-20-11-15-19(12-16(20)22(14)26)23-17(8-4)13(7-3)21(15)25;2*1-2/h5-12,23H,1-4H3,(H,24,26);2*1-2H3/b9-5-,10-6-,13-7+,17-8+;;. The Morgan fingerprint density at radius 2 is 1.23 bits per heavy atom. The molecule has 3 aromatic rings. The summed E-state index contributed by atoms with van der Waals surface area (Å²) in [5.74, 6) is 0. The van der Waals surface area contributed by atoms with E-state index in [0.717, 1.165) is 11.0 Å². The lowest BCUT2D eigenvalue weighted by molar-refractivity contribution is 1.25. The van der Waals surface area contributed by atoms with Gasteiger partial charge >= 0.3 is 0 Å². The second kappa shape index (κ2) is 11.8. The fourth-order valence-electron chi connectivity index (χ4n) is 3.29. The van der Waals surface area contributed by atoms with Crippen molar-refractivity contribution < 1.29 is 0 Å². The smallest absolute Gasteiger partial charge is 0.197 e. The molecule has 0 saturated heterocycles. The summed E-state index contributed by atoms with van der Waals surface area (Å²) in [6.07, 6.45) is 11.1. The molecule has 1 aromatic carbocycles. The first-order valence-electron chi connectivity index (χ1n) is 10.7. The van der Waals surface area contributed by atoms with Crippen molar-refractivity contribution in [3.8, 4) is 0 Å². The van der Waals surface area contributed by atoms with Crippen LogP contribution in [0.4, 0.5) is 0 Å². The fraction of sp³-hybridized carbons (Fsp3) is 0.308. The molecule has 0 aliphatic carbocycles. The molecule has 0 aliphatic rings. The molecular formula is C26H34N2O2. The van der Waals surface area contributed by atoms with Crippen LogP contribution < -0.4 is 21.4 Å². The number of H-pyrrole nitrogens is 2. The zero-order valence-electron chi connectivity index (χ0n) is 19.4. The zero-order chi connectivity index (χ0) is 22.8. The third-order valence-electron chi connectivity index (χ3n) is 4.50. The Morgan fingerprint density at radius 1 is 0.700 bits per heavy atom. The Bertz CT molecular complexity index is 1300. The minimum Gasteiger partial charge on any atom is -0.355 e. The molecule has 2 N–H and O–H groups in total. The van der Waals surface area contributed by atoms with Crippen LogP contribution in [-0.4, -0.2) is 9.97 Å². The average molecular weight is 407 g/mol. The third kappa shape index (κ3) is 4.70. The maximum absolute atomic E-state index is 13.0. The average Bonchev–Trinajstić information content (AvgIpc) is 2.78. The summed E-state index contributed by atoms with van der Waals surface area (Å²) in [5, 5.41) is 2.53. The summed E-state index contributed by atoms with van der Waals surface area (Å²) in [4.78, 5) is 32.4. The molecule has 0 spiro atoms. The van der Waals surface area contributed by atoms with Gasteiger partial charge in [0.1, 0.15) is 0 Å². The van der Waals surface area contributed by atoms with Gasteiger partial charge in [-0.25, -0.2) is 0 Å². The fourth-order valence-corrected chi connectivity index (χ4v) is 3.29. The number of hydrogen-bond donors (Lipinski definition) is 2. The first-order valence-corrected chi connectivity index (χ1v) is 10.7. The van der Waals surface area contributed by atoms with Gasteiger partial charge < -0.3 is 9.97 Å². The van der Waals surface area contributed by atoms with E-state index in [4.69, 9.17) is 0 Å². The van der Waals surface area contributed by atoms with Crippen molar-refractivity contribution >= 4 is 46.1 Å². The van der Waals surface area contributed by atoms with Gasteiger partial charge in [0.25, 0.3) is 0 Å². The summed E-state index contributed by atoms with van der Waals surface area (Å²) in [6, 6.07) is 3.54. The van der Waals surface area contributed by atoms with Crippen LogP contribution in [0.2, 0.25) is 0 Å². The highest BCUT2D eigenvalue weighted by Gasteiger charge is 2.11. The number of fused-ring (bicyclic) bond motifs is 2. The van der Waals surface area contributed by atoms with E-state index in [0.29, 0.717) is 32.6 Å². The maximum atomic E-state index is 13.0. The van der Waals surface area contributed by atoms with Crippen molar-refractivity contribution in [3.63, 3.8) is 0 Å². The van der Waals surface area contributed by atoms with E-state index in [1.54, 1.807) is 24.3 Å². The molecule has 0 atom stereocenters. The van der Waals surface area contributed by atoms with Gasteiger partial charge in [0.05, 0.1) is 11.0 Å². The van der Waals surface area contributed by atoms with Gasteiger partial charge in [-0.15, -0.1) is 0 Å². The van der Waals surface area contributed by atoms with Crippen molar-refractivity contribution in [2.45, 2.75) is 55.4 Å². The largest absolute Gasteiger partial charge is 0.355 e. The number of benzene rings is 1. The van der Waals surface area contributed by atoms with Gasteiger partial charge in [-0.2, -0.15) is 0 Å². The summed E-state index contributed by atoms with van der Waals surface area (Å²) >= 11 is 0. The van der Waals surface area contributed by atoms with Crippen molar-refractivity contribution in [1.29, 1.82) is 0 Å². The third-order valence-corrected chi connectivity index (χ3v) is 4.50. The number of aromatic nitrogens is 2. The molecule has 0 unspecified atom stereocenters. The molecular weight excluding hydrogens is 372 g/mol. The molecule has 0 radical (unpaired) electrons. The molecule has 3 rings (SSSR count). The van der Waals surface area contributed by atoms with E-state index in [1.807, 2.05) is 79.7 Å². The second-order valence-electron chi connectivity index (χ2n) is 6.08. The predicted molar refractivity (Wildman–Crippen MR) is 134 cm³/mol. The molecule has 160 valence electrons. The van der Waals surface area contributed by atoms with Crippen molar-refractivity contribution in [2.75, 3.05) is 0 Å². The molecule has 4 nitrogen and oxygen atoms in total. The minimum atomic E-state index is -0.0548. The highest BCUT2D eigenvalue weighted by Crippen LogP contribution is 2.18. The molecule has 0 fully saturated rings. The van der Waals surface area contributed by atoms with Gasteiger partial charge in [-0.05, 0) is 45.9 Å². The quantitative estimate of drug-likeness (QED) is 0.582. The Hall–Kier alpha value is -3.14. The number of hydrogen-bond acceptors (Lipinski definition) is 2. The van der Waals surface area contributed by atoms with E-state index in [9.17, 15) is 9.59 Å². The lowest BCUT2D eigenvalue weighted by Gasteiger charge is -2.08. The molecule has 2 aromatic heterocycles. The summed E-state index contributed by atoms with van der Waals surface area (Å²) in [5.41, 5.74) is 2.57. The van der Waals surface area contributed by atoms with Gasteiger partial charge in [0, 0.05) is 32.6 Å². The van der Waals surface area contributed by atoms with Crippen molar-refractivity contribution in [3.05, 3.63) is 66.6 Å². The normalized spacial score (nSPS) is 12.4. The number of allylic oxidation sites excluding steroid dienone is 2. The maximum Gasteiger partial charge on any atom is 0.197 e. The summed E-state index contributed by atoms with van der Waals surface area (Å²) < 4.78 is 0. The van der Waals surface area contributed by atoms with E-state index in [1.165, 1.54) is 0 Å². The summed E-state index contributed by atoms with van der Waals surface area (Å²) in [6.45, 7) is 15.5. The van der Waals surface area contributed by atoms with E-state index >= 15 is 0 Å². The highest BCUT2D eigenvalue weighted by atomic mass is 16.1. The second-order valence-corrected chi connectivity index (χ2v) is 6.08. The van der Waals surface area contributed by atoms with Crippen LogP contribution in [0.3, 0.4) is 0 Å². The molecule has 2 heterocycles. The first kappa shape index (κ1) is 24.9. The van der Waals surface area contributed by atoms with E-state index in [-0.39, 0.29) is 10.9 Å². The van der Waals surface area contributed by atoms with E-state index in [2.05, 4.69) is 9.97 Å². The molecule has 0 bridgehead atoms. The number of rotatable bonds is 2. The van der Waals surface area contributed by atoms with E-state index < -0.39 is 0 Å². The van der Waals surface area contributed by atoms with Gasteiger partial charge in [-0.3, -0.25) is 9.59 Å². The number of nitrogens with one attached hydrogen (secondary N) is 2. The van der Waals surface area contributed by atoms with Gasteiger partial charge in [-0.1, -0.05) is 58.1 Å². The Kier molecular flexibility index (Phi) is 9.76. The van der Waals surface area contributed by atoms with Crippen LogP contribution in [-0.2, 0) is 0 Å². The predicted octanol–water partition coefficient (Wildman–Crippen LogP) is 5.09. The molecule has 4 heteroatoms. The Balaban J connectivity index is 0.00000106. The SMILES string of the molecule is C/C=C\c1[nH]c2cc3c(=O)c(=C/C)/c(=C\C)[nH]c3cc2c(=O)c1/C=C\C.CC.CC. The first-order chi connectivity index (χ1) is 14.5. The minimum absolute atomic E-state index is 0.0396. The van der Waals surface area contributed by atoms with Crippen LogP contribution in [0.5, 0.6) is 0 Å². The molecule has 0 aliphatic heterocycles. The molecule has 0 amide bonds. The van der Waals surface area contributed by atoms with Crippen LogP contribution in [0.1, 0.15) is 66.6 Å². The van der Waals surface area contributed by atoms with Gasteiger partial charge in [0.2, 0.25) is 0 Å². The van der Waals surface area contributed by atoms with Crippen LogP contribution in [0.25, 0.3) is 46.1 Å². The molecule has 0 saturated carbocycles.